The molecule has 3 N–H and O–H groups in total. The molecule has 2 amide bonds. The topological polar surface area (TPSA) is 89.9 Å². The zero-order valence-electron chi connectivity index (χ0n) is 10.9. The maximum Gasteiger partial charge on any atom is 0.317 e. The first kappa shape index (κ1) is 16.4. The van der Waals surface area contributed by atoms with Crippen LogP contribution in [0.4, 0.5) is 4.79 Å². The number of nitrogens with one attached hydrogen (secondary N) is 1. The maximum atomic E-state index is 11.7. The Morgan fingerprint density at radius 1 is 1.44 bits per heavy atom. The Morgan fingerprint density at radius 3 is 2.44 bits per heavy atom. The molecule has 1 unspecified atom stereocenters. The lowest BCUT2D eigenvalue weighted by atomic mass is 9.96. The van der Waals surface area contributed by atoms with E-state index < -0.39 is 17.9 Å². The Kier molecular flexibility index (Phi) is 7.78. The summed E-state index contributed by atoms with van der Waals surface area (Å²) in [4.78, 5) is 24.1. The van der Waals surface area contributed by atoms with E-state index >= 15 is 0 Å². The van der Waals surface area contributed by atoms with Crippen molar-refractivity contribution in [2.45, 2.75) is 13.8 Å². The number of aliphatic hydroxyl groups excluding tert-OH is 1. The summed E-state index contributed by atoms with van der Waals surface area (Å²) in [5.74, 6) is -1.61. The van der Waals surface area contributed by atoms with E-state index in [0.29, 0.717) is 6.54 Å². The minimum absolute atomic E-state index is 0.0616. The van der Waals surface area contributed by atoms with Gasteiger partial charge in [0.1, 0.15) is 0 Å². The number of carbonyl (C=O) groups is 2. The standard InChI is InChI=1S/C12H22N2O4/c1-4-5-14(6-7-15)12(18)13-8-10(9(2)3)11(16)17/h4,9-10,15H,1,5-8H2,2-3H3,(H,13,18)(H,16,17). The third kappa shape index (κ3) is 5.67. The molecule has 0 spiro atoms. The van der Waals surface area contributed by atoms with E-state index in [4.69, 9.17) is 10.2 Å². The van der Waals surface area contributed by atoms with Crippen molar-refractivity contribution in [1.82, 2.24) is 10.2 Å². The molecule has 0 aliphatic heterocycles. The van der Waals surface area contributed by atoms with Crippen molar-refractivity contribution in [2.75, 3.05) is 26.2 Å². The lowest BCUT2D eigenvalue weighted by Gasteiger charge is -2.23. The van der Waals surface area contributed by atoms with E-state index in [1.807, 2.05) is 0 Å². The number of aliphatic hydroxyl groups is 1. The predicted octanol–water partition coefficient (Wildman–Crippen LogP) is 0.533. The van der Waals surface area contributed by atoms with Crippen LogP contribution in [0.1, 0.15) is 13.8 Å². The SMILES string of the molecule is C=CCN(CCO)C(=O)NCC(C(=O)O)C(C)C. The van der Waals surface area contributed by atoms with Crippen LogP contribution in [0.5, 0.6) is 0 Å². The van der Waals surface area contributed by atoms with Gasteiger partial charge < -0.3 is 20.4 Å². The number of carboxylic acid groups (broad SMARTS) is 1. The normalized spacial score (nSPS) is 12.0. The number of rotatable bonds is 8. The number of urea groups is 1. The van der Waals surface area contributed by atoms with Gasteiger partial charge in [-0.25, -0.2) is 4.79 Å². The van der Waals surface area contributed by atoms with E-state index in [1.54, 1.807) is 19.9 Å². The molecule has 0 radical (unpaired) electrons. The second-order valence-electron chi connectivity index (χ2n) is 4.33. The highest BCUT2D eigenvalue weighted by Gasteiger charge is 2.22. The number of amides is 2. The third-order valence-electron chi connectivity index (χ3n) is 2.60. The molecule has 0 heterocycles. The second kappa shape index (κ2) is 8.52. The Bertz CT molecular complexity index is 292. The molecular formula is C12H22N2O4. The summed E-state index contributed by atoms with van der Waals surface area (Å²) in [6.45, 7) is 7.54. The van der Waals surface area contributed by atoms with Crippen LogP contribution in [0.3, 0.4) is 0 Å². The smallest absolute Gasteiger partial charge is 0.317 e. The van der Waals surface area contributed by atoms with E-state index in [1.165, 1.54) is 4.90 Å². The van der Waals surface area contributed by atoms with Gasteiger partial charge in [-0.15, -0.1) is 6.58 Å². The van der Waals surface area contributed by atoms with Crippen LogP contribution >= 0.6 is 0 Å². The Morgan fingerprint density at radius 2 is 2.06 bits per heavy atom. The summed E-state index contributed by atoms with van der Waals surface area (Å²) >= 11 is 0. The molecule has 6 nitrogen and oxygen atoms in total. The average Bonchev–Trinajstić information content (AvgIpc) is 2.27. The highest BCUT2D eigenvalue weighted by molar-refractivity contribution is 5.76. The van der Waals surface area contributed by atoms with Gasteiger partial charge in [0, 0.05) is 19.6 Å². The molecule has 6 heteroatoms. The fourth-order valence-electron chi connectivity index (χ4n) is 1.47. The molecule has 18 heavy (non-hydrogen) atoms. The van der Waals surface area contributed by atoms with Crippen molar-refractivity contribution in [2.24, 2.45) is 11.8 Å². The minimum atomic E-state index is -0.928. The third-order valence-corrected chi connectivity index (χ3v) is 2.60. The molecule has 0 rings (SSSR count). The van der Waals surface area contributed by atoms with E-state index in [2.05, 4.69) is 11.9 Å². The first-order valence-electron chi connectivity index (χ1n) is 5.91. The molecule has 1 atom stereocenters. The molecule has 0 aromatic rings. The van der Waals surface area contributed by atoms with Gasteiger partial charge >= 0.3 is 12.0 Å². The summed E-state index contributed by atoms with van der Waals surface area (Å²) in [7, 11) is 0. The number of carbonyl (C=O) groups excluding carboxylic acids is 1. The summed E-state index contributed by atoms with van der Waals surface area (Å²) in [5, 5.41) is 20.4. The van der Waals surface area contributed by atoms with Crippen molar-refractivity contribution < 1.29 is 19.8 Å². The molecule has 0 fully saturated rings. The van der Waals surface area contributed by atoms with Gasteiger partial charge in [-0.1, -0.05) is 19.9 Å². The highest BCUT2D eigenvalue weighted by atomic mass is 16.4. The van der Waals surface area contributed by atoms with Gasteiger partial charge in [-0.05, 0) is 5.92 Å². The monoisotopic (exact) mass is 258 g/mol. The molecule has 0 bridgehead atoms. The van der Waals surface area contributed by atoms with Gasteiger partial charge in [0.25, 0.3) is 0 Å². The number of hydrogen-bond donors (Lipinski definition) is 3. The molecule has 0 saturated carbocycles. The minimum Gasteiger partial charge on any atom is -0.481 e. The summed E-state index contributed by atoms with van der Waals surface area (Å²) in [6.07, 6.45) is 1.55. The van der Waals surface area contributed by atoms with Gasteiger partial charge in [-0.2, -0.15) is 0 Å². The molecular weight excluding hydrogens is 236 g/mol. The van der Waals surface area contributed by atoms with Gasteiger partial charge in [0.15, 0.2) is 0 Å². The van der Waals surface area contributed by atoms with E-state index in [9.17, 15) is 9.59 Å². The Balaban J connectivity index is 4.35. The zero-order valence-corrected chi connectivity index (χ0v) is 10.9. The van der Waals surface area contributed by atoms with Gasteiger partial charge in [-0.3, -0.25) is 4.79 Å². The summed E-state index contributed by atoms with van der Waals surface area (Å²) in [6, 6.07) is -0.393. The molecule has 0 aliphatic rings. The van der Waals surface area contributed by atoms with Crippen LogP contribution in [0.25, 0.3) is 0 Å². The lowest BCUT2D eigenvalue weighted by molar-refractivity contribution is -0.142. The highest BCUT2D eigenvalue weighted by Crippen LogP contribution is 2.09. The largest absolute Gasteiger partial charge is 0.481 e. The number of aliphatic carboxylic acids is 1. The number of hydrogen-bond acceptors (Lipinski definition) is 3. The van der Waals surface area contributed by atoms with Crippen LogP contribution in [-0.2, 0) is 4.79 Å². The number of nitrogens with zero attached hydrogens (tertiary/aromatic N) is 1. The summed E-state index contributed by atoms with van der Waals surface area (Å²) < 4.78 is 0. The lowest BCUT2D eigenvalue weighted by Crippen LogP contribution is -2.44. The Labute approximate surface area is 107 Å². The van der Waals surface area contributed by atoms with Crippen molar-refractivity contribution in [3.8, 4) is 0 Å². The van der Waals surface area contributed by atoms with Crippen LogP contribution < -0.4 is 5.32 Å². The van der Waals surface area contributed by atoms with Crippen molar-refractivity contribution in [3.05, 3.63) is 12.7 Å². The van der Waals surface area contributed by atoms with Crippen molar-refractivity contribution in [1.29, 1.82) is 0 Å². The first-order valence-corrected chi connectivity index (χ1v) is 5.91. The van der Waals surface area contributed by atoms with E-state index in [-0.39, 0.29) is 25.6 Å². The fourth-order valence-corrected chi connectivity index (χ4v) is 1.47. The average molecular weight is 258 g/mol. The van der Waals surface area contributed by atoms with Crippen LogP contribution in [0.2, 0.25) is 0 Å². The maximum absolute atomic E-state index is 11.7. The zero-order chi connectivity index (χ0) is 14.1. The van der Waals surface area contributed by atoms with Crippen LogP contribution in [0.15, 0.2) is 12.7 Å². The predicted molar refractivity (Wildman–Crippen MR) is 68.2 cm³/mol. The molecule has 104 valence electrons. The van der Waals surface area contributed by atoms with Gasteiger partial charge in [0.2, 0.25) is 0 Å². The van der Waals surface area contributed by atoms with Crippen LogP contribution in [-0.4, -0.2) is 53.4 Å². The fraction of sp³-hybridized carbons (Fsp3) is 0.667. The summed E-state index contributed by atoms with van der Waals surface area (Å²) in [5.41, 5.74) is 0. The molecule has 0 aliphatic carbocycles. The Hall–Kier alpha value is -1.56. The quantitative estimate of drug-likeness (QED) is 0.554. The second-order valence-corrected chi connectivity index (χ2v) is 4.33. The van der Waals surface area contributed by atoms with E-state index in [0.717, 1.165) is 0 Å². The molecule has 0 aromatic carbocycles. The molecule has 0 aromatic heterocycles. The van der Waals surface area contributed by atoms with Gasteiger partial charge in [0.05, 0.1) is 12.5 Å². The van der Waals surface area contributed by atoms with Crippen molar-refractivity contribution >= 4 is 12.0 Å². The van der Waals surface area contributed by atoms with Crippen LogP contribution in [0, 0.1) is 11.8 Å². The first-order chi connectivity index (χ1) is 8.43. The van der Waals surface area contributed by atoms with Crippen molar-refractivity contribution in [3.63, 3.8) is 0 Å². The molecule has 0 saturated heterocycles. The number of carboxylic acids is 1.